The van der Waals surface area contributed by atoms with Crippen molar-refractivity contribution in [1.82, 2.24) is 5.32 Å². The van der Waals surface area contributed by atoms with Gasteiger partial charge in [-0.05, 0) is 37.1 Å². The molecular formula is C13H24F3N. The molecule has 4 atom stereocenters. The number of hydrogen-bond acceptors (Lipinski definition) is 1. The molecular weight excluding hydrogens is 227 g/mol. The van der Waals surface area contributed by atoms with Gasteiger partial charge in [0.15, 0.2) is 0 Å². The van der Waals surface area contributed by atoms with Gasteiger partial charge in [0.05, 0.1) is 6.42 Å². The molecule has 0 saturated heterocycles. The highest BCUT2D eigenvalue weighted by Gasteiger charge is 2.37. The summed E-state index contributed by atoms with van der Waals surface area (Å²) in [4.78, 5) is 0. The van der Waals surface area contributed by atoms with Gasteiger partial charge < -0.3 is 5.32 Å². The predicted octanol–water partition coefficient (Wildman–Crippen LogP) is 3.99. The molecule has 1 aliphatic carbocycles. The topological polar surface area (TPSA) is 12.0 Å². The van der Waals surface area contributed by atoms with Crippen molar-refractivity contribution in [2.24, 2.45) is 17.8 Å². The molecule has 4 heteroatoms. The summed E-state index contributed by atoms with van der Waals surface area (Å²) in [7, 11) is 0. The molecule has 1 rings (SSSR count). The number of halogens is 3. The van der Waals surface area contributed by atoms with Gasteiger partial charge in [-0.1, -0.05) is 27.2 Å². The Labute approximate surface area is 102 Å². The number of hydrogen-bond donors (Lipinski definition) is 1. The lowest BCUT2D eigenvalue weighted by atomic mass is 9.72. The van der Waals surface area contributed by atoms with Crippen LogP contribution in [0.5, 0.6) is 0 Å². The van der Waals surface area contributed by atoms with Crippen LogP contribution in [0.3, 0.4) is 0 Å². The van der Waals surface area contributed by atoms with Crippen molar-refractivity contribution in [3.05, 3.63) is 0 Å². The molecule has 0 heterocycles. The zero-order valence-electron chi connectivity index (χ0n) is 11.0. The van der Waals surface area contributed by atoms with E-state index in [0.29, 0.717) is 18.4 Å². The average molecular weight is 251 g/mol. The average Bonchev–Trinajstić information content (AvgIpc) is 2.19. The van der Waals surface area contributed by atoms with Gasteiger partial charge in [0.25, 0.3) is 0 Å². The maximum absolute atomic E-state index is 12.5. The fourth-order valence-corrected chi connectivity index (χ4v) is 2.87. The quantitative estimate of drug-likeness (QED) is 0.796. The van der Waals surface area contributed by atoms with Gasteiger partial charge in [-0.3, -0.25) is 0 Å². The van der Waals surface area contributed by atoms with Crippen molar-refractivity contribution in [3.63, 3.8) is 0 Å². The Morgan fingerprint density at radius 2 is 1.82 bits per heavy atom. The Morgan fingerprint density at radius 3 is 2.29 bits per heavy atom. The molecule has 102 valence electrons. The number of rotatable bonds is 4. The van der Waals surface area contributed by atoms with Crippen molar-refractivity contribution in [3.8, 4) is 0 Å². The summed E-state index contributed by atoms with van der Waals surface area (Å²) in [6.07, 6.45) is -1.83. The summed E-state index contributed by atoms with van der Waals surface area (Å²) in [5.74, 6) is 1.38. The molecule has 1 N–H and O–H groups in total. The summed E-state index contributed by atoms with van der Waals surface area (Å²) in [6, 6.07) is -0.394. The van der Waals surface area contributed by atoms with Crippen LogP contribution in [0.15, 0.2) is 0 Å². The van der Waals surface area contributed by atoms with E-state index < -0.39 is 18.6 Å². The molecule has 1 nitrogen and oxygen atoms in total. The van der Waals surface area contributed by atoms with E-state index in [9.17, 15) is 13.2 Å². The minimum atomic E-state index is -4.06. The molecule has 0 aromatic carbocycles. The Balaban J connectivity index is 2.58. The summed E-state index contributed by atoms with van der Waals surface area (Å²) in [5, 5.41) is 3.02. The standard InChI is InChI=1S/C13H24F3N/c1-4-17-12(8-13(14,15)16)11-6-5-9(2)10(3)7-11/h9-12,17H,4-8H2,1-3H3. The third-order valence-electron chi connectivity index (χ3n) is 4.13. The van der Waals surface area contributed by atoms with Gasteiger partial charge in [-0.15, -0.1) is 0 Å². The number of alkyl halides is 3. The van der Waals surface area contributed by atoms with Gasteiger partial charge in [-0.2, -0.15) is 13.2 Å². The van der Waals surface area contributed by atoms with Gasteiger partial charge in [0, 0.05) is 6.04 Å². The van der Waals surface area contributed by atoms with E-state index in [4.69, 9.17) is 0 Å². The van der Waals surface area contributed by atoms with Crippen molar-refractivity contribution in [2.45, 2.75) is 58.7 Å². The lowest BCUT2D eigenvalue weighted by Crippen LogP contribution is -2.42. The van der Waals surface area contributed by atoms with Gasteiger partial charge >= 0.3 is 6.18 Å². The largest absolute Gasteiger partial charge is 0.390 e. The molecule has 0 bridgehead atoms. The van der Waals surface area contributed by atoms with Crippen molar-refractivity contribution in [2.75, 3.05) is 6.54 Å². The molecule has 0 amide bonds. The number of nitrogens with one attached hydrogen (secondary N) is 1. The summed E-state index contributed by atoms with van der Waals surface area (Å²) >= 11 is 0. The summed E-state index contributed by atoms with van der Waals surface area (Å²) < 4.78 is 37.6. The zero-order valence-corrected chi connectivity index (χ0v) is 11.0. The van der Waals surface area contributed by atoms with Crippen LogP contribution in [0.2, 0.25) is 0 Å². The summed E-state index contributed by atoms with van der Waals surface area (Å²) in [5.41, 5.74) is 0. The second kappa shape index (κ2) is 6.07. The van der Waals surface area contributed by atoms with Crippen LogP contribution in [0.1, 0.15) is 46.5 Å². The molecule has 4 unspecified atom stereocenters. The highest BCUT2D eigenvalue weighted by molar-refractivity contribution is 4.85. The molecule has 1 aliphatic rings. The van der Waals surface area contributed by atoms with Crippen LogP contribution in [0.25, 0.3) is 0 Å². The lowest BCUT2D eigenvalue weighted by Gasteiger charge is -2.37. The highest BCUT2D eigenvalue weighted by Crippen LogP contribution is 2.37. The summed E-state index contributed by atoms with van der Waals surface area (Å²) in [6.45, 7) is 6.85. The van der Waals surface area contributed by atoms with Crippen LogP contribution in [0.4, 0.5) is 13.2 Å². The van der Waals surface area contributed by atoms with Crippen molar-refractivity contribution < 1.29 is 13.2 Å². The first-order valence-corrected chi connectivity index (χ1v) is 6.63. The van der Waals surface area contributed by atoms with E-state index in [1.807, 2.05) is 6.92 Å². The normalized spacial score (nSPS) is 32.5. The van der Waals surface area contributed by atoms with E-state index in [-0.39, 0.29) is 5.92 Å². The molecule has 1 saturated carbocycles. The second-order valence-corrected chi connectivity index (χ2v) is 5.51. The van der Waals surface area contributed by atoms with Crippen LogP contribution in [0, 0.1) is 17.8 Å². The molecule has 0 aromatic rings. The van der Waals surface area contributed by atoms with Crippen molar-refractivity contribution >= 4 is 0 Å². The predicted molar refractivity (Wildman–Crippen MR) is 63.8 cm³/mol. The smallest absolute Gasteiger partial charge is 0.314 e. The first-order chi connectivity index (χ1) is 7.83. The molecule has 0 aliphatic heterocycles. The molecule has 1 fully saturated rings. The minimum absolute atomic E-state index is 0.183. The Morgan fingerprint density at radius 1 is 1.18 bits per heavy atom. The highest BCUT2D eigenvalue weighted by atomic mass is 19.4. The monoisotopic (exact) mass is 251 g/mol. The third kappa shape index (κ3) is 4.86. The molecule has 0 aromatic heterocycles. The first kappa shape index (κ1) is 14.8. The fraction of sp³-hybridized carbons (Fsp3) is 1.00. The van der Waals surface area contributed by atoms with E-state index in [1.165, 1.54) is 0 Å². The van der Waals surface area contributed by atoms with E-state index in [2.05, 4.69) is 19.2 Å². The Hall–Kier alpha value is -0.250. The third-order valence-corrected chi connectivity index (χ3v) is 4.13. The van der Waals surface area contributed by atoms with E-state index in [0.717, 1.165) is 19.3 Å². The van der Waals surface area contributed by atoms with E-state index in [1.54, 1.807) is 0 Å². The van der Waals surface area contributed by atoms with Gasteiger partial charge in [-0.25, -0.2) is 0 Å². The second-order valence-electron chi connectivity index (χ2n) is 5.51. The fourth-order valence-electron chi connectivity index (χ4n) is 2.87. The lowest BCUT2D eigenvalue weighted by molar-refractivity contribution is -0.144. The first-order valence-electron chi connectivity index (χ1n) is 6.63. The van der Waals surface area contributed by atoms with Crippen LogP contribution >= 0.6 is 0 Å². The SMILES string of the molecule is CCNC(CC(F)(F)F)C1CCC(C)C(C)C1. The molecule has 0 radical (unpaired) electrons. The van der Waals surface area contributed by atoms with Gasteiger partial charge in [0.2, 0.25) is 0 Å². The Kier molecular flexibility index (Phi) is 5.29. The van der Waals surface area contributed by atoms with E-state index >= 15 is 0 Å². The minimum Gasteiger partial charge on any atom is -0.314 e. The Bertz CT molecular complexity index is 227. The molecule has 0 spiro atoms. The maximum atomic E-state index is 12.5. The van der Waals surface area contributed by atoms with Gasteiger partial charge in [0.1, 0.15) is 0 Å². The van der Waals surface area contributed by atoms with Crippen LogP contribution in [-0.4, -0.2) is 18.8 Å². The maximum Gasteiger partial charge on any atom is 0.390 e. The zero-order chi connectivity index (χ0) is 13.1. The molecule has 17 heavy (non-hydrogen) atoms. The van der Waals surface area contributed by atoms with Crippen LogP contribution in [-0.2, 0) is 0 Å². The van der Waals surface area contributed by atoms with Crippen molar-refractivity contribution in [1.29, 1.82) is 0 Å². The van der Waals surface area contributed by atoms with Crippen LogP contribution < -0.4 is 5.32 Å².